The monoisotopic (exact) mass is 703 g/mol. The van der Waals surface area contributed by atoms with Crippen molar-refractivity contribution >= 4 is 81.7 Å². The number of aryl methyl sites for hydroxylation is 1. The van der Waals surface area contributed by atoms with Crippen LogP contribution in [-0.4, -0.2) is 13.5 Å². The van der Waals surface area contributed by atoms with E-state index in [9.17, 15) is 0 Å². The third-order valence-corrected chi connectivity index (χ3v) is 12.2. The average molecular weight is 704 g/mol. The third-order valence-electron chi connectivity index (χ3n) is 12.2. The Hall–Kier alpha value is -6.84. The molecule has 55 heavy (non-hydrogen) atoms. The van der Waals surface area contributed by atoms with Gasteiger partial charge in [0.2, 0.25) is 0 Å². The number of para-hydroxylation sites is 4. The van der Waals surface area contributed by atoms with E-state index in [4.69, 9.17) is 0 Å². The predicted octanol–water partition coefficient (Wildman–Crippen LogP) is 14.0. The maximum Gasteiger partial charge on any atom is 0.0620 e. The third kappa shape index (κ3) is 4.21. The lowest BCUT2D eigenvalue weighted by Crippen LogP contribution is -1.94. The van der Waals surface area contributed by atoms with Crippen LogP contribution in [0.4, 0.5) is 0 Å². The maximum absolute atomic E-state index is 2.53. The van der Waals surface area contributed by atoms with Gasteiger partial charge in [0.05, 0.1) is 38.6 Å². The van der Waals surface area contributed by atoms with E-state index in [-0.39, 0.29) is 0 Å². The zero-order valence-electron chi connectivity index (χ0n) is 30.6. The van der Waals surface area contributed by atoms with Crippen LogP contribution >= 0.6 is 0 Å². The Kier molecular flexibility index (Phi) is 6.44. The van der Waals surface area contributed by atoms with Crippen molar-refractivity contribution in [2.24, 2.45) is 0 Å². The molecular weight excluding hydrogens is 667 g/mol. The van der Waals surface area contributed by atoms with Crippen LogP contribution in [0.2, 0.25) is 0 Å². The molecule has 0 radical (unpaired) electrons. The standard InChI is InChI=1S/C52H37N3/c1-2-3-13-33-24-27-36(28-25-33)53-43-21-9-7-16-38(43)42-32-34(26-29-45(42)53)37-18-12-23-46-49(37)40-19-11-20-41-51-48(55(46)52(40)41)31-30-47-50(51)39-17-8-10-22-44(39)54(47)35-14-5-4-6-15-35/h4-12,14-32H,2-3,13H2,1H3. The van der Waals surface area contributed by atoms with E-state index in [1.807, 2.05) is 0 Å². The Balaban J connectivity index is 1.10. The molecule has 8 aromatic carbocycles. The van der Waals surface area contributed by atoms with Crippen molar-refractivity contribution < 1.29 is 0 Å². The summed E-state index contributed by atoms with van der Waals surface area (Å²) < 4.78 is 7.38. The number of hydrogen-bond acceptors (Lipinski definition) is 0. The molecule has 12 aromatic rings. The highest BCUT2D eigenvalue weighted by atomic mass is 15.0. The summed E-state index contributed by atoms with van der Waals surface area (Å²) in [6.45, 7) is 2.26. The van der Waals surface area contributed by atoms with Gasteiger partial charge < -0.3 is 13.5 Å². The fourth-order valence-corrected chi connectivity index (χ4v) is 9.78. The van der Waals surface area contributed by atoms with E-state index < -0.39 is 0 Å². The van der Waals surface area contributed by atoms with Gasteiger partial charge in [-0.15, -0.1) is 0 Å². The van der Waals surface area contributed by atoms with Gasteiger partial charge in [0.25, 0.3) is 0 Å². The van der Waals surface area contributed by atoms with Crippen LogP contribution < -0.4 is 0 Å². The Labute approximate surface area is 318 Å². The summed E-state index contributed by atoms with van der Waals surface area (Å²) in [6.07, 6.45) is 3.57. The molecule has 0 aliphatic rings. The molecule has 12 rings (SSSR count). The minimum atomic E-state index is 1.13. The highest BCUT2D eigenvalue weighted by Crippen LogP contribution is 2.47. The zero-order valence-corrected chi connectivity index (χ0v) is 30.6. The number of rotatable bonds is 6. The lowest BCUT2D eigenvalue weighted by Gasteiger charge is -2.10. The van der Waals surface area contributed by atoms with Crippen LogP contribution in [0.25, 0.3) is 104 Å². The van der Waals surface area contributed by atoms with Crippen molar-refractivity contribution in [3.05, 3.63) is 175 Å². The lowest BCUT2D eigenvalue weighted by atomic mass is 9.97. The summed E-state index contributed by atoms with van der Waals surface area (Å²) in [5.74, 6) is 0. The smallest absolute Gasteiger partial charge is 0.0620 e. The van der Waals surface area contributed by atoms with Gasteiger partial charge in [-0.1, -0.05) is 116 Å². The van der Waals surface area contributed by atoms with Crippen molar-refractivity contribution in [2.75, 3.05) is 0 Å². The van der Waals surface area contributed by atoms with Gasteiger partial charge in [0.15, 0.2) is 0 Å². The van der Waals surface area contributed by atoms with Crippen molar-refractivity contribution in [1.82, 2.24) is 13.5 Å². The van der Waals surface area contributed by atoms with E-state index >= 15 is 0 Å². The number of unbranched alkanes of at least 4 members (excludes halogenated alkanes) is 1. The van der Waals surface area contributed by atoms with Crippen molar-refractivity contribution in [1.29, 1.82) is 0 Å². The highest BCUT2D eigenvalue weighted by Gasteiger charge is 2.24. The van der Waals surface area contributed by atoms with E-state index in [1.165, 1.54) is 123 Å². The molecule has 260 valence electrons. The first-order valence-electron chi connectivity index (χ1n) is 19.6. The molecule has 0 amide bonds. The largest absolute Gasteiger partial charge is 0.309 e. The Bertz CT molecular complexity index is 3450. The summed E-state index contributed by atoms with van der Waals surface area (Å²) in [6, 6.07) is 63.2. The van der Waals surface area contributed by atoms with Crippen molar-refractivity contribution in [3.63, 3.8) is 0 Å². The first-order valence-corrected chi connectivity index (χ1v) is 19.6. The minimum absolute atomic E-state index is 1.13. The normalized spacial score (nSPS) is 12.3. The van der Waals surface area contributed by atoms with Crippen LogP contribution in [0.1, 0.15) is 25.3 Å². The van der Waals surface area contributed by atoms with Gasteiger partial charge in [-0.2, -0.15) is 0 Å². The first kappa shape index (κ1) is 30.6. The molecule has 3 nitrogen and oxygen atoms in total. The van der Waals surface area contributed by atoms with Crippen LogP contribution in [0, 0.1) is 0 Å². The summed E-state index contributed by atoms with van der Waals surface area (Å²) in [7, 11) is 0. The van der Waals surface area contributed by atoms with Gasteiger partial charge in [0.1, 0.15) is 0 Å². The molecule has 0 atom stereocenters. The Morgan fingerprint density at radius 3 is 1.78 bits per heavy atom. The van der Waals surface area contributed by atoms with Gasteiger partial charge in [-0.05, 0) is 96.3 Å². The molecular formula is C52H37N3. The van der Waals surface area contributed by atoms with E-state index in [2.05, 4.69) is 190 Å². The maximum atomic E-state index is 2.53. The average Bonchev–Trinajstić information content (AvgIpc) is 3.97. The molecule has 3 heteroatoms. The Morgan fingerprint density at radius 2 is 0.964 bits per heavy atom. The number of fused-ring (bicyclic) bond motifs is 13. The fraction of sp³-hybridized carbons (Fsp3) is 0.0769. The van der Waals surface area contributed by atoms with E-state index in [0.29, 0.717) is 0 Å². The number of benzene rings is 8. The minimum Gasteiger partial charge on any atom is -0.309 e. The second-order valence-electron chi connectivity index (χ2n) is 15.1. The topological polar surface area (TPSA) is 14.3 Å². The molecule has 0 saturated carbocycles. The summed E-state index contributed by atoms with van der Waals surface area (Å²) in [4.78, 5) is 0. The SMILES string of the molecule is CCCCc1ccc(-n2c3ccccc3c3cc(-c4cccc5c4c4cccc6c7c8c9ccccc9n(-c9ccccc9)c8ccc7n5c46)ccc32)cc1. The quantitative estimate of drug-likeness (QED) is 0.164. The molecule has 0 aliphatic carbocycles. The summed E-state index contributed by atoms with van der Waals surface area (Å²) in [5.41, 5.74) is 15.0. The number of hydrogen-bond donors (Lipinski definition) is 0. The molecule has 0 spiro atoms. The molecule has 0 saturated heterocycles. The van der Waals surface area contributed by atoms with Crippen LogP contribution in [0.3, 0.4) is 0 Å². The first-order chi connectivity index (χ1) is 27.3. The molecule has 0 unspecified atom stereocenters. The number of nitrogens with zero attached hydrogens (tertiary/aromatic N) is 3. The van der Waals surface area contributed by atoms with Gasteiger partial charge in [-0.3, -0.25) is 0 Å². The van der Waals surface area contributed by atoms with Crippen molar-refractivity contribution in [3.8, 4) is 22.5 Å². The van der Waals surface area contributed by atoms with Gasteiger partial charge in [0, 0.05) is 54.5 Å². The fourth-order valence-electron chi connectivity index (χ4n) is 9.78. The van der Waals surface area contributed by atoms with Crippen LogP contribution in [0.15, 0.2) is 170 Å². The van der Waals surface area contributed by atoms with Crippen molar-refractivity contribution in [2.45, 2.75) is 26.2 Å². The Morgan fingerprint density at radius 1 is 0.400 bits per heavy atom. The molecule has 0 bridgehead atoms. The summed E-state index contributed by atoms with van der Waals surface area (Å²) >= 11 is 0. The molecule has 0 N–H and O–H groups in total. The second kappa shape index (κ2) is 11.6. The second-order valence-corrected chi connectivity index (χ2v) is 15.1. The van der Waals surface area contributed by atoms with Gasteiger partial charge >= 0.3 is 0 Å². The van der Waals surface area contributed by atoms with Crippen LogP contribution in [0.5, 0.6) is 0 Å². The van der Waals surface area contributed by atoms with Crippen LogP contribution in [-0.2, 0) is 6.42 Å². The predicted molar refractivity (Wildman–Crippen MR) is 234 cm³/mol. The molecule has 0 aliphatic heterocycles. The molecule has 4 heterocycles. The highest BCUT2D eigenvalue weighted by molar-refractivity contribution is 6.34. The molecule has 4 aromatic heterocycles. The zero-order chi connectivity index (χ0) is 36.2. The van der Waals surface area contributed by atoms with E-state index in [1.54, 1.807) is 0 Å². The number of aromatic nitrogens is 3. The van der Waals surface area contributed by atoms with Gasteiger partial charge in [-0.25, -0.2) is 0 Å². The molecule has 0 fully saturated rings. The van der Waals surface area contributed by atoms with E-state index in [0.717, 1.165) is 6.42 Å². The lowest BCUT2D eigenvalue weighted by molar-refractivity contribution is 0.795. The summed E-state index contributed by atoms with van der Waals surface area (Å²) in [5, 5.41) is 10.4.